The van der Waals surface area contributed by atoms with Crippen LogP contribution in [0.15, 0.2) is 48.5 Å². The lowest BCUT2D eigenvalue weighted by Crippen LogP contribution is -2.33. The molecule has 0 fully saturated rings. The van der Waals surface area contributed by atoms with Gasteiger partial charge in [-0.1, -0.05) is 30.3 Å². The van der Waals surface area contributed by atoms with Gasteiger partial charge in [0.2, 0.25) is 5.91 Å². The van der Waals surface area contributed by atoms with Gasteiger partial charge in [0.1, 0.15) is 11.9 Å². The minimum absolute atomic E-state index is 0.193. The summed E-state index contributed by atoms with van der Waals surface area (Å²) in [6.07, 6.45) is -4.56. The van der Waals surface area contributed by atoms with E-state index in [2.05, 4.69) is 5.32 Å². The molecule has 3 nitrogen and oxygen atoms in total. The molecule has 1 atom stereocenters. The molecular weight excluding hydrogens is 312 g/mol. The summed E-state index contributed by atoms with van der Waals surface area (Å²) in [6, 6.07) is 9.62. The summed E-state index contributed by atoms with van der Waals surface area (Å²) in [5.41, 5.74) is 4.70. The molecule has 0 unspecified atom stereocenters. The van der Waals surface area contributed by atoms with Gasteiger partial charge in [0.15, 0.2) is 0 Å². The summed E-state index contributed by atoms with van der Waals surface area (Å²) >= 11 is 0. The average Bonchev–Trinajstić information content (AvgIpc) is 2.48. The first-order valence-corrected chi connectivity index (χ1v) is 6.72. The van der Waals surface area contributed by atoms with Crippen LogP contribution in [0.4, 0.5) is 17.6 Å². The fraction of sp³-hybridized carbons (Fsp3) is 0.188. The number of halogens is 4. The maximum absolute atomic E-state index is 13.7. The second kappa shape index (κ2) is 6.78. The summed E-state index contributed by atoms with van der Waals surface area (Å²) in [7, 11) is 0. The molecule has 2 aromatic carbocycles. The van der Waals surface area contributed by atoms with Crippen LogP contribution in [-0.2, 0) is 17.5 Å². The fourth-order valence-corrected chi connectivity index (χ4v) is 2.13. The van der Waals surface area contributed by atoms with Crippen LogP contribution in [-0.4, -0.2) is 5.91 Å². The zero-order valence-electron chi connectivity index (χ0n) is 11.9. The van der Waals surface area contributed by atoms with Crippen LogP contribution in [0.5, 0.6) is 0 Å². The van der Waals surface area contributed by atoms with Crippen molar-refractivity contribution in [2.75, 3.05) is 0 Å². The topological polar surface area (TPSA) is 55.1 Å². The molecule has 0 bridgehead atoms. The molecular formula is C16H14F4N2O. The Balaban J connectivity index is 2.20. The molecule has 0 radical (unpaired) electrons. The summed E-state index contributed by atoms with van der Waals surface area (Å²) in [6.45, 7) is -0.266. The third kappa shape index (κ3) is 4.29. The predicted octanol–water partition coefficient (Wildman–Crippen LogP) is 3.16. The number of carbonyl (C=O) groups is 1. The zero-order valence-corrected chi connectivity index (χ0v) is 11.9. The van der Waals surface area contributed by atoms with E-state index in [0.29, 0.717) is 17.7 Å². The first-order chi connectivity index (χ1) is 10.8. The molecule has 3 N–H and O–H groups in total. The Morgan fingerprint density at radius 2 is 1.78 bits per heavy atom. The molecule has 0 saturated carbocycles. The highest BCUT2D eigenvalue weighted by atomic mass is 19.4. The molecule has 2 aromatic rings. The van der Waals surface area contributed by atoms with Gasteiger partial charge in [-0.25, -0.2) is 4.39 Å². The third-order valence-electron chi connectivity index (χ3n) is 3.29. The molecule has 0 aromatic heterocycles. The number of carbonyl (C=O) groups excluding carboxylic acids is 1. The van der Waals surface area contributed by atoms with E-state index in [0.717, 1.165) is 6.07 Å². The number of primary amides is 1. The molecule has 0 aliphatic heterocycles. The van der Waals surface area contributed by atoms with Crippen LogP contribution >= 0.6 is 0 Å². The van der Waals surface area contributed by atoms with E-state index in [1.165, 1.54) is 0 Å². The van der Waals surface area contributed by atoms with E-state index in [9.17, 15) is 22.4 Å². The second-order valence-electron chi connectivity index (χ2n) is 4.93. The molecule has 0 aliphatic rings. The van der Waals surface area contributed by atoms with Crippen molar-refractivity contribution < 1.29 is 22.4 Å². The summed E-state index contributed by atoms with van der Waals surface area (Å²) in [5, 5.41) is 2.69. The van der Waals surface area contributed by atoms with Crippen molar-refractivity contribution in [2.45, 2.75) is 18.8 Å². The van der Waals surface area contributed by atoms with E-state index < -0.39 is 29.5 Å². The molecule has 23 heavy (non-hydrogen) atoms. The lowest BCUT2D eigenvalue weighted by atomic mass is 10.1. The second-order valence-corrected chi connectivity index (χ2v) is 4.93. The Hall–Kier alpha value is -2.41. The Morgan fingerprint density at radius 1 is 1.13 bits per heavy atom. The number of hydrogen-bond acceptors (Lipinski definition) is 2. The number of rotatable bonds is 5. The average molecular weight is 326 g/mol. The number of nitrogens with one attached hydrogen (secondary N) is 1. The largest absolute Gasteiger partial charge is 0.416 e. The van der Waals surface area contributed by atoms with Crippen LogP contribution in [0.1, 0.15) is 22.7 Å². The lowest BCUT2D eigenvalue weighted by molar-refractivity contribution is -0.137. The van der Waals surface area contributed by atoms with Crippen molar-refractivity contribution in [1.82, 2.24) is 5.32 Å². The molecule has 0 heterocycles. The smallest absolute Gasteiger partial charge is 0.368 e. The van der Waals surface area contributed by atoms with Gasteiger partial charge in [-0.05, 0) is 23.8 Å². The normalized spacial score (nSPS) is 12.9. The first-order valence-electron chi connectivity index (χ1n) is 6.72. The molecule has 7 heteroatoms. The van der Waals surface area contributed by atoms with Crippen molar-refractivity contribution in [2.24, 2.45) is 5.73 Å². The highest BCUT2D eigenvalue weighted by Gasteiger charge is 2.31. The molecule has 122 valence electrons. The summed E-state index contributed by atoms with van der Waals surface area (Å²) in [5.74, 6) is -1.50. The van der Waals surface area contributed by atoms with Crippen molar-refractivity contribution >= 4 is 5.91 Å². The van der Waals surface area contributed by atoms with Crippen molar-refractivity contribution in [1.29, 1.82) is 0 Å². The van der Waals surface area contributed by atoms with Gasteiger partial charge in [-0.2, -0.15) is 13.2 Å². The molecule has 0 aliphatic carbocycles. The summed E-state index contributed by atoms with van der Waals surface area (Å²) in [4.78, 5) is 11.5. The summed E-state index contributed by atoms with van der Waals surface area (Å²) < 4.78 is 51.7. The van der Waals surface area contributed by atoms with Gasteiger partial charge in [0.05, 0.1) is 5.56 Å². The highest BCUT2D eigenvalue weighted by Crippen LogP contribution is 2.30. The van der Waals surface area contributed by atoms with Crippen LogP contribution in [0, 0.1) is 5.82 Å². The Labute approximate surface area is 130 Å². The lowest BCUT2D eigenvalue weighted by Gasteiger charge is -2.17. The highest BCUT2D eigenvalue weighted by molar-refractivity contribution is 5.81. The third-order valence-corrected chi connectivity index (χ3v) is 3.29. The number of hydrogen-bond donors (Lipinski definition) is 2. The number of amides is 1. The van der Waals surface area contributed by atoms with E-state index in [4.69, 9.17) is 5.73 Å². The molecule has 0 spiro atoms. The minimum Gasteiger partial charge on any atom is -0.368 e. The Kier molecular flexibility index (Phi) is 5.00. The molecule has 0 saturated heterocycles. The Bertz CT molecular complexity index is 686. The Morgan fingerprint density at radius 3 is 2.35 bits per heavy atom. The van der Waals surface area contributed by atoms with Crippen molar-refractivity contribution in [3.63, 3.8) is 0 Å². The van der Waals surface area contributed by atoms with E-state index in [1.807, 2.05) is 0 Å². The number of alkyl halides is 3. The van der Waals surface area contributed by atoms with E-state index in [1.54, 1.807) is 30.3 Å². The van der Waals surface area contributed by atoms with Gasteiger partial charge < -0.3 is 5.73 Å². The zero-order chi connectivity index (χ0) is 17.0. The van der Waals surface area contributed by atoms with Crippen molar-refractivity contribution in [3.05, 3.63) is 71.0 Å². The van der Waals surface area contributed by atoms with Crippen molar-refractivity contribution in [3.8, 4) is 0 Å². The monoisotopic (exact) mass is 326 g/mol. The number of benzene rings is 2. The van der Waals surface area contributed by atoms with Gasteiger partial charge in [0, 0.05) is 12.1 Å². The quantitative estimate of drug-likeness (QED) is 0.829. The maximum Gasteiger partial charge on any atom is 0.416 e. The van der Waals surface area contributed by atoms with Gasteiger partial charge in [-0.15, -0.1) is 0 Å². The maximum atomic E-state index is 13.7. The predicted molar refractivity (Wildman–Crippen MR) is 76.6 cm³/mol. The first kappa shape index (κ1) is 17.0. The van der Waals surface area contributed by atoms with Gasteiger partial charge in [0.25, 0.3) is 0 Å². The van der Waals surface area contributed by atoms with E-state index >= 15 is 0 Å². The van der Waals surface area contributed by atoms with E-state index in [-0.39, 0.29) is 12.1 Å². The van der Waals surface area contributed by atoms with Gasteiger partial charge in [-0.3, -0.25) is 10.1 Å². The van der Waals surface area contributed by atoms with Crippen LogP contribution in [0.2, 0.25) is 0 Å². The van der Waals surface area contributed by atoms with Crippen LogP contribution < -0.4 is 11.1 Å². The standard InChI is InChI=1S/C16H14F4N2O/c17-13-7-6-12(16(18,19)20)8-11(13)9-22-14(15(21)23)10-4-2-1-3-5-10/h1-8,14,22H,9H2,(H2,21,23)/t14-/m1/s1. The van der Waals surface area contributed by atoms with Crippen LogP contribution in [0.3, 0.4) is 0 Å². The van der Waals surface area contributed by atoms with Crippen LogP contribution in [0.25, 0.3) is 0 Å². The molecule has 2 rings (SSSR count). The number of nitrogens with two attached hydrogens (primary N) is 1. The fourth-order valence-electron chi connectivity index (χ4n) is 2.13. The minimum atomic E-state index is -4.56. The SMILES string of the molecule is NC(=O)[C@H](NCc1cc(C(F)(F)F)ccc1F)c1ccccc1. The van der Waals surface area contributed by atoms with Gasteiger partial charge >= 0.3 is 6.18 Å². The molecule has 1 amide bonds.